The summed E-state index contributed by atoms with van der Waals surface area (Å²) in [6.07, 6.45) is 8.57. The number of nitrogens with one attached hydrogen (secondary N) is 2. The molecule has 7 nitrogen and oxygen atoms in total. The molecule has 3 heterocycles. The zero-order valence-corrected chi connectivity index (χ0v) is 19.8. The van der Waals surface area contributed by atoms with E-state index in [1.54, 1.807) is 17.1 Å². The molecule has 4 aromatic rings. The van der Waals surface area contributed by atoms with E-state index in [1.165, 1.54) is 12.1 Å². The van der Waals surface area contributed by atoms with Crippen LogP contribution >= 0.6 is 11.6 Å². The molecule has 6 rings (SSSR count). The molecule has 4 bridgehead atoms. The molecule has 0 radical (unpaired) electrons. The molecule has 0 saturated heterocycles. The van der Waals surface area contributed by atoms with Crippen molar-refractivity contribution in [3.63, 3.8) is 0 Å². The van der Waals surface area contributed by atoms with Gasteiger partial charge in [0.2, 0.25) is 5.95 Å². The third-order valence-corrected chi connectivity index (χ3v) is 6.52. The molecule has 0 fully saturated rings. The van der Waals surface area contributed by atoms with Crippen LogP contribution in [0, 0.1) is 11.6 Å². The molecule has 0 saturated carbocycles. The smallest absolute Gasteiger partial charge is 0.229 e. The van der Waals surface area contributed by atoms with Crippen molar-refractivity contribution in [2.75, 3.05) is 23.8 Å². The second kappa shape index (κ2) is 9.23. The van der Waals surface area contributed by atoms with E-state index < -0.39 is 11.6 Å². The summed E-state index contributed by atoms with van der Waals surface area (Å²) in [6.45, 7) is 0.900. The van der Waals surface area contributed by atoms with Crippen molar-refractivity contribution in [3.8, 4) is 11.4 Å². The summed E-state index contributed by atoms with van der Waals surface area (Å²) >= 11 is 6.01. The molecule has 2 N–H and O–H groups in total. The van der Waals surface area contributed by atoms with Gasteiger partial charge in [0.1, 0.15) is 41.3 Å². The molecular weight excluding hydrogens is 486 g/mol. The van der Waals surface area contributed by atoms with E-state index >= 15 is 0 Å². The van der Waals surface area contributed by atoms with E-state index in [0.717, 1.165) is 28.7 Å². The van der Waals surface area contributed by atoms with Crippen LogP contribution in [-0.4, -0.2) is 32.7 Å². The Labute approximate surface area is 210 Å². The summed E-state index contributed by atoms with van der Waals surface area (Å²) in [7, 11) is 0. The number of hydrogen-bond donors (Lipinski definition) is 2. The van der Waals surface area contributed by atoms with Gasteiger partial charge in [-0.25, -0.2) is 18.7 Å². The second-order valence-electron chi connectivity index (χ2n) is 8.59. The van der Waals surface area contributed by atoms with Gasteiger partial charge < -0.3 is 19.9 Å². The maximum absolute atomic E-state index is 14.7. The zero-order valence-electron chi connectivity index (χ0n) is 19.0. The van der Waals surface area contributed by atoms with Crippen molar-refractivity contribution in [2.24, 2.45) is 0 Å². The van der Waals surface area contributed by atoms with Crippen LogP contribution in [0.5, 0.6) is 5.75 Å². The van der Waals surface area contributed by atoms with Crippen molar-refractivity contribution in [3.05, 3.63) is 94.7 Å². The normalized spacial score (nSPS) is 16.6. The maximum Gasteiger partial charge on any atom is 0.229 e. The Bertz CT molecular complexity index is 1490. The first-order valence-electron chi connectivity index (χ1n) is 11.5. The summed E-state index contributed by atoms with van der Waals surface area (Å²) in [5, 5.41) is 7.00. The molecule has 36 heavy (non-hydrogen) atoms. The minimum atomic E-state index is -0.599. The van der Waals surface area contributed by atoms with E-state index in [9.17, 15) is 8.78 Å². The number of hydrogen-bond acceptors (Lipinski definition) is 6. The molecule has 2 aromatic heterocycles. The minimum Gasteiger partial charge on any atom is -0.487 e. The quantitative estimate of drug-likeness (QED) is 0.336. The van der Waals surface area contributed by atoms with Gasteiger partial charge in [-0.3, -0.25) is 0 Å². The molecular formula is C26H21ClF2N6O. The summed E-state index contributed by atoms with van der Waals surface area (Å²) < 4.78 is 36.0. The molecule has 0 amide bonds. The first-order chi connectivity index (χ1) is 17.5. The van der Waals surface area contributed by atoms with Crippen LogP contribution in [0.3, 0.4) is 0 Å². The molecule has 1 atom stereocenters. The van der Waals surface area contributed by atoms with Crippen LogP contribution in [0.4, 0.5) is 26.2 Å². The largest absolute Gasteiger partial charge is 0.487 e. The van der Waals surface area contributed by atoms with E-state index in [0.29, 0.717) is 54.2 Å². The lowest BCUT2D eigenvalue weighted by Crippen LogP contribution is -2.10. The summed E-state index contributed by atoms with van der Waals surface area (Å²) in [4.78, 5) is 13.6. The molecule has 2 aromatic carbocycles. The predicted molar refractivity (Wildman–Crippen MR) is 134 cm³/mol. The highest BCUT2D eigenvalue weighted by Gasteiger charge is 2.31. The van der Waals surface area contributed by atoms with E-state index in [4.69, 9.17) is 26.3 Å². The number of nitrogens with zero attached hydrogens (tertiary/aromatic N) is 4. The Kier molecular flexibility index (Phi) is 5.77. The van der Waals surface area contributed by atoms with Crippen LogP contribution in [0.2, 0.25) is 5.15 Å². The van der Waals surface area contributed by atoms with E-state index in [2.05, 4.69) is 15.6 Å². The number of fused-ring (bicyclic) bond motifs is 6. The van der Waals surface area contributed by atoms with Gasteiger partial charge in [-0.1, -0.05) is 23.7 Å². The van der Waals surface area contributed by atoms with Gasteiger partial charge in [0.25, 0.3) is 0 Å². The molecule has 1 unspecified atom stereocenters. The van der Waals surface area contributed by atoms with Crippen LogP contribution < -0.4 is 15.4 Å². The highest BCUT2D eigenvalue weighted by Crippen LogP contribution is 2.41. The van der Waals surface area contributed by atoms with Crippen molar-refractivity contribution in [1.29, 1.82) is 0 Å². The highest BCUT2D eigenvalue weighted by atomic mass is 35.5. The molecule has 182 valence electrons. The van der Waals surface area contributed by atoms with Gasteiger partial charge >= 0.3 is 0 Å². The monoisotopic (exact) mass is 506 g/mol. The number of anilines is 3. The average Bonchev–Trinajstić information content (AvgIpc) is 3.47. The van der Waals surface area contributed by atoms with Crippen LogP contribution in [-0.2, 0) is 6.42 Å². The van der Waals surface area contributed by atoms with Crippen LogP contribution in [0.15, 0.2) is 61.1 Å². The Morgan fingerprint density at radius 2 is 2.00 bits per heavy atom. The Morgan fingerprint density at radius 3 is 2.83 bits per heavy atom. The first-order valence-corrected chi connectivity index (χ1v) is 11.9. The number of ether oxygens (including phenoxy) is 1. The number of aromatic nitrogens is 4. The molecule has 10 heteroatoms. The third-order valence-electron chi connectivity index (χ3n) is 6.32. The van der Waals surface area contributed by atoms with Gasteiger partial charge in [0.15, 0.2) is 0 Å². The Morgan fingerprint density at radius 1 is 1.08 bits per heavy atom. The zero-order chi connectivity index (χ0) is 24.6. The van der Waals surface area contributed by atoms with Gasteiger partial charge in [-0.05, 0) is 42.7 Å². The number of benzene rings is 2. The van der Waals surface area contributed by atoms with Gasteiger partial charge in [0.05, 0.1) is 11.4 Å². The van der Waals surface area contributed by atoms with Gasteiger partial charge in [-0.2, -0.15) is 4.98 Å². The number of halogens is 3. The molecule has 0 spiro atoms. The van der Waals surface area contributed by atoms with Crippen molar-refractivity contribution < 1.29 is 13.5 Å². The van der Waals surface area contributed by atoms with Crippen molar-refractivity contribution in [2.45, 2.75) is 18.8 Å². The van der Waals surface area contributed by atoms with Crippen LogP contribution in [0.1, 0.15) is 29.2 Å². The lowest BCUT2D eigenvalue weighted by Gasteiger charge is -2.16. The summed E-state index contributed by atoms with van der Waals surface area (Å²) in [6, 6.07) is 9.34. The average molecular weight is 507 g/mol. The van der Waals surface area contributed by atoms with Crippen LogP contribution in [0.25, 0.3) is 5.69 Å². The molecule has 2 aliphatic rings. The van der Waals surface area contributed by atoms with Crippen molar-refractivity contribution >= 4 is 29.1 Å². The maximum atomic E-state index is 14.7. The SMILES string of the molecule is Fc1ccc(C2CCc3c4nc(nc32)Nc2ccc(-n3cnc(Cl)c3)c(c2)OCC=CCN4)c(F)c1. The fourth-order valence-corrected chi connectivity index (χ4v) is 4.82. The Hall–Kier alpha value is -3.98. The number of imidazole rings is 1. The fourth-order valence-electron chi connectivity index (χ4n) is 4.68. The second-order valence-corrected chi connectivity index (χ2v) is 8.98. The highest BCUT2D eigenvalue weighted by molar-refractivity contribution is 6.29. The van der Waals surface area contributed by atoms with Gasteiger partial charge in [-0.15, -0.1) is 0 Å². The number of rotatable bonds is 2. The lowest BCUT2D eigenvalue weighted by molar-refractivity contribution is 0.361. The lowest BCUT2D eigenvalue weighted by atomic mass is 9.96. The topological polar surface area (TPSA) is 76.9 Å². The third kappa shape index (κ3) is 4.26. The fraction of sp³-hybridized carbons (Fsp3) is 0.192. The van der Waals surface area contributed by atoms with E-state index in [1.807, 2.05) is 30.4 Å². The standard InChI is InChI=1S/C26H21ClF2N6O/c27-23-13-35(14-31-23)21-8-4-16-12-22(21)36-10-2-1-9-30-25-19-7-6-18(24(19)33-26(32-16)34-25)17-5-3-15(28)11-20(17)29/h1-5,8,11-14,18H,6-7,9-10H2,(H2,30,32,33,34). The summed E-state index contributed by atoms with van der Waals surface area (Å²) in [5.74, 6) is 0.238. The van der Waals surface area contributed by atoms with E-state index in [-0.39, 0.29) is 5.92 Å². The minimum absolute atomic E-state index is 0.289. The first kappa shape index (κ1) is 22.5. The predicted octanol–water partition coefficient (Wildman–Crippen LogP) is 5.78. The van der Waals surface area contributed by atoms with Gasteiger partial charge in [0, 0.05) is 42.0 Å². The Balaban J connectivity index is 1.41. The summed E-state index contributed by atoms with van der Waals surface area (Å²) in [5.41, 5.74) is 3.62. The molecule has 1 aliphatic carbocycles. The molecule has 1 aliphatic heterocycles. The van der Waals surface area contributed by atoms with Crippen molar-refractivity contribution in [1.82, 2.24) is 19.5 Å².